The Labute approximate surface area is 183 Å². The van der Waals surface area contributed by atoms with Gasteiger partial charge in [-0.05, 0) is 42.5 Å². The van der Waals surface area contributed by atoms with Crippen LogP contribution >= 0.6 is 47.8 Å². The number of nitro groups is 1. The Morgan fingerprint density at radius 1 is 1.28 bits per heavy atom. The summed E-state index contributed by atoms with van der Waals surface area (Å²) in [6.07, 6.45) is 1.31. The van der Waals surface area contributed by atoms with Crippen LogP contribution in [0.15, 0.2) is 45.7 Å². The molecule has 2 amide bonds. The molecular formula is C16H9ClN4O5S3. The van der Waals surface area contributed by atoms with Gasteiger partial charge < -0.3 is 9.73 Å². The molecule has 1 fully saturated rings. The zero-order chi connectivity index (χ0) is 21.1. The Bertz CT molecular complexity index is 1070. The molecule has 3 rings (SSSR count). The molecule has 0 unspecified atom stereocenters. The Kier molecular flexibility index (Phi) is 6.27. The lowest BCUT2D eigenvalue weighted by Crippen LogP contribution is -2.48. The minimum Gasteiger partial charge on any atom is -0.401 e. The van der Waals surface area contributed by atoms with E-state index in [-0.39, 0.29) is 20.0 Å². The smallest absolute Gasteiger partial charge is 0.401 e. The Morgan fingerprint density at radius 2 is 1.97 bits per heavy atom. The van der Waals surface area contributed by atoms with Gasteiger partial charge in [0.2, 0.25) is 0 Å². The number of nitrogens with one attached hydrogen (secondary N) is 2. The molecule has 29 heavy (non-hydrogen) atoms. The van der Waals surface area contributed by atoms with Crippen molar-refractivity contribution in [1.82, 2.24) is 10.4 Å². The molecule has 0 bridgehead atoms. The third kappa shape index (κ3) is 4.98. The van der Waals surface area contributed by atoms with E-state index in [1.807, 2.05) is 0 Å². The summed E-state index contributed by atoms with van der Waals surface area (Å²) < 4.78 is 5.10. The number of amides is 2. The van der Waals surface area contributed by atoms with E-state index >= 15 is 0 Å². The SMILES string of the molecule is O=C(Nc1ccc(Cl)cc1)C(=S)NN1C(=O)/C(=C\c2ccc([N+](=O)[O-])o2)SC1=S. The van der Waals surface area contributed by atoms with E-state index < -0.39 is 22.6 Å². The molecule has 1 saturated heterocycles. The van der Waals surface area contributed by atoms with E-state index in [9.17, 15) is 19.7 Å². The number of thiocarbonyl (C=S) groups is 2. The van der Waals surface area contributed by atoms with Gasteiger partial charge in [0.1, 0.15) is 10.7 Å². The average Bonchev–Trinajstić information content (AvgIpc) is 3.24. The number of benzene rings is 1. The van der Waals surface area contributed by atoms with E-state index in [2.05, 4.69) is 10.7 Å². The number of furan rings is 1. The molecule has 0 radical (unpaired) electrons. The van der Waals surface area contributed by atoms with Crippen molar-refractivity contribution in [1.29, 1.82) is 0 Å². The van der Waals surface area contributed by atoms with E-state index in [1.54, 1.807) is 24.3 Å². The first-order valence-corrected chi connectivity index (χ1v) is 9.65. The molecule has 2 N–H and O–H groups in total. The van der Waals surface area contributed by atoms with Crippen LogP contribution in [0.25, 0.3) is 6.08 Å². The molecule has 1 aliphatic rings. The first-order valence-electron chi connectivity index (χ1n) is 7.64. The molecule has 0 spiro atoms. The fourth-order valence-electron chi connectivity index (χ4n) is 2.08. The second-order valence-electron chi connectivity index (χ2n) is 5.35. The molecule has 0 atom stereocenters. The van der Waals surface area contributed by atoms with Crippen molar-refractivity contribution in [3.63, 3.8) is 0 Å². The molecule has 9 nitrogen and oxygen atoms in total. The van der Waals surface area contributed by atoms with E-state index in [1.165, 1.54) is 18.2 Å². The monoisotopic (exact) mass is 468 g/mol. The standard InChI is InChI=1S/C16H9ClN4O5S3/c17-8-1-3-9(4-2-8)18-13(22)14(27)19-20-15(23)11(29-16(20)28)7-10-5-6-12(26-10)21(24)25/h1-7H,(H,18,22)(H,19,27)/b11-7+. The summed E-state index contributed by atoms with van der Waals surface area (Å²) in [6, 6.07) is 8.89. The van der Waals surface area contributed by atoms with Gasteiger partial charge in [-0.25, -0.2) is 0 Å². The molecule has 2 aromatic rings. The van der Waals surface area contributed by atoms with Gasteiger partial charge in [0.05, 0.1) is 11.0 Å². The van der Waals surface area contributed by atoms with Crippen molar-refractivity contribution < 1.29 is 18.9 Å². The summed E-state index contributed by atoms with van der Waals surface area (Å²) in [4.78, 5) is 34.6. The zero-order valence-electron chi connectivity index (χ0n) is 14.1. The minimum atomic E-state index is -0.693. The summed E-state index contributed by atoms with van der Waals surface area (Å²) in [5, 5.41) is 14.7. The van der Waals surface area contributed by atoms with Crippen molar-refractivity contribution >= 4 is 86.6 Å². The van der Waals surface area contributed by atoms with Crippen LogP contribution in [0.2, 0.25) is 5.02 Å². The van der Waals surface area contributed by atoms with Crippen LogP contribution in [-0.2, 0) is 9.59 Å². The first-order chi connectivity index (χ1) is 13.7. The number of hydrazine groups is 1. The summed E-state index contributed by atoms with van der Waals surface area (Å²) >= 11 is 16.9. The van der Waals surface area contributed by atoms with Crippen molar-refractivity contribution in [2.24, 2.45) is 0 Å². The molecule has 1 aromatic carbocycles. The third-order valence-corrected chi connectivity index (χ3v) is 5.21. The highest BCUT2D eigenvalue weighted by Gasteiger charge is 2.34. The third-order valence-electron chi connectivity index (χ3n) is 3.38. The number of carbonyl (C=O) groups excluding carboxylic acids is 2. The fraction of sp³-hybridized carbons (Fsp3) is 0. The van der Waals surface area contributed by atoms with Crippen molar-refractivity contribution in [3.05, 3.63) is 62.2 Å². The number of nitrogens with zero attached hydrogens (tertiary/aromatic N) is 2. The van der Waals surface area contributed by atoms with Gasteiger partial charge in [-0.15, -0.1) is 0 Å². The Morgan fingerprint density at radius 3 is 2.59 bits per heavy atom. The van der Waals surface area contributed by atoms with Crippen LogP contribution in [0.4, 0.5) is 11.6 Å². The number of hydrogen-bond donors (Lipinski definition) is 2. The highest BCUT2D eigenvalue weighted by molar-refractivity contribution is 8.26. The quantitative estimate of drug-likeness (QED) is 0.300. The molecular weight excluding hydrogens is 460 g/mol. The van der Waals surface area contributed by atoms with Gasteiger partial charge in [-0.2, -0.15) is 5.01 Å². The normalized spacial score (nSPS) is 14.9. The molecule has 1 aliphatic heterocycles. The van der Waals surface area contributed by atoms with Gasteiger partial charge in [0.25, 0.3) is 11.8 Å². The fourth-order valence-corrected chi connectivity index (χ4v) is 3.51. The van der Waals surface area contributed by atoms with Crippen molar-refractivity contribution in [2.75, 3.05) is 5.32 Å². The van der Waals surface area contributed by atoms with E-state index in [0.717, 1.165) is 16.8 Å². The lowest BCUT2D eigenvalue weighted by Gasteiger charge is -2.17. The van der Waals surface area contributed by atoms with Crippen LogP contribution in [0.5, 0.6) is 0 Å². The molecule has 0 aliphatic carbocycles. The van der Waals surface area contributed by atoms with Crippen molar-refractivity contribution in [2.45, 2.75) is 0 Å². The largest absolute Gasteiger partial charge is 0.433 e. The maximum absolute atomic E-state index is 12.5. The molecule has 148 valence electrons. The first kappa shape index (κ1) is 20.9. The van der Waals surface area contributed by atoms with E-state index in [0.29, 0.717) is 10.7 Å². The summed E-state index contributed by atoms with van der Waals surface area (Å²) in [6.45, 7) is 0. The summed E-state index contributed by atoms with van der Waals surface area (Å²) in [5.74, 6) is -1.58. The molecule has 2 heterocycles. The molecule has 0 saturated carbocycles. The highest BCUT2D eigenvalue weighted by atomic mass is 35.5. The molecule has 1 aromatic heterocycles. The van der Waals surface area contributed by atoms with Gasteiger partial charge in [-0.1, -0.05) is 35.6 Å². The maximum atomic E-state index is 12.5. The minimum absolute atomic E-state index is 0.101. The van der Waals surface area contributed by atoms with Crippen LogP contribution in [0.3, 0.4) is 0 Å². The van der Waals surface area contributed by atoms with Crippen molar-refractivity contribution in [3.8, 4) is 0 Å². The second-order valence-corrected chi connectivity index (χ2v) is 7.87. The Hall–Kier alpha value is -2.80. The summed E-state index contributed by atoms with van der Waals surface area (Å²) in [7, 11) is 0. The molecule has 13 heteroatoms. The van der Waals surface area contributed by atoms with Gasteiger partial charge in [0.15, 0.2) is 9.31 Å². The average molecular weight is 469 g/mol. The number of thioether (sulfide) groups is 1. The van der Waals surface area contributed by atoms with Crippen LogP contribution in [0.1, 0.15) is 5.76 Å². The van der Waals surface area contributed by atoms with Crippen LogP contribution < -0.4 is 10.7 Å². The maximum Gasteiger partial charge on any atom is 0.433 e. The second kappa shape index (κ2) is 8.69. The number of anilines is 1. The number of rotatable bonds is 4. The van der Waals surface area contributed by atoms with Crippen LogP contribution in [-0.4, -0.2) is 31.1 Å². The van der Waals surface area contributed by atoms with Gasteiger partial charge in [-0.3, -0.25) is 25.1 Å². The number of halogens is 1. The number of carbonyl (C=O) groups is 2. The van der Waals surface area contributed by atoms with Gasteiger partial charge >= 0.3 is 5.88 Å². The van der Waals surface area contributed by atoms with Gasteiger partial charge in [0, 0.05) is 16.8 Å². The van der Waals surface area contributed by atoms with Crippen LogP contribution in [0, 0.1) is 10.1 Å². The topological polar surface area (TPSA) is 118 Å². The lowest BCUT2D eigenvalue weighted by molar-refractivity contribution is -0.402. The highest BCUT2D eigenvalue weighted by Crippen LogP contribution is 2.32. The lowest BCUT2D eigenvalue weighted by atomic mass is 10.3. The Balaban J connectivity index is 1.66. The van der Waals surface area contributed by atoms with E-state index in [4.69, 9.17) is 40.5 Å². The zero-order valence-corrected chi connectivity index (χ0v) is 17.3. The number of hydrogen-bond acceptors (Lipinski definition) is 8. The predicted octanol–water partition coefficient (Wildman–Crippen LogP) is 3.51. The summed E-state index contributed by atoms with van der Waals surface area (Å²) in [5.41, 5.74) is 2.95. The predicted molar refractivity (Wildman–Crippen MR) is 116 cm³/mol.